The fourth-order valence-corrected chi connectivity index (χ4v) is 4.33. The number of hydrogen-bond donors (Lipinski definition) is 1. The van der Waals surface area contributed by atoms with Crippen molar-refractivity contribution in [2.24, 2.45) is 0 Å². The average molecular weight is 420 g/mol. The number of aromatic nitrogens is 1. The van der Waals surface area contributed by atoms with E-state index in [2.05, 4.69) is 10.3 Å². The predicted octanol–water partition coefficient (Wildman–Crippen LogP) is 4.80. The Morgan fingerprint density at radius 2 is 1.53 bits per heavy atom. The number of rotatable bonds is 7. The number of sulfone groups is 1. The molecule has 0 saturated heterocycles. The van der Waals surface area contributed by atoms with E-state index >= 15 is 0 Å². The minimum absolute atomic E-state index is 0.0867. The Labute approximate surface area is 175 Å². The standard InChI is InChI=1S/C23H20N2O4S/c1-28-20-15-9-8-14-19(20)21-25-23(30(26,27)18-12-6-3-7-13-18)22(29-21)24-16-17-10-4-2-5-11-17/h2-15,24H,16H2,1H3. The minimum atomic E-state index is -3.89. The molecule has 0 amide bonds. The van der Waals surface area contributed by atoms with E-state index in [-0.39, 0.29) is 21.7 Å². The van der Waals surface area contributed by atoms with Crippen molar-refractivity contribution in [1.29, 1.82) is 0 Å². The number of anilines is 1. The van der Waals surface area contributed by atoms with Crippen molar-refractivity contribution in [1.82, 2.24) is 4.98 Å². The number of hydrogen-bond acceptors (Lipinski definition) is 6. The second kappa shape index (κ2) is 8.42. The highest BCUT2D eigenvalue weighted by Gasteiger charge is 2.29. The molecule has 0 radical (unpaired) electrons. The molecule has 3 aromatic carbocycles. The van der Waals surface area contributed by atoms with E-state index in [9.17, 15) is 8.42 Å². The van der Waals surface area contributed by atoms with Gasteiger partial charge >= 0.3 is 0 Å². The third-order valence-corrected chi connectivity index (χ3v) is 6.22. The second-order valence-electron chi connectivity index (χ2n) is 6.51. The second-order valence-corrected chi connectivity index (χ2v) is 8.37. The highest BCUT2D eigenvalue weighted by molar-refractivity contribution is 7.91. The first kappa shape index (κ1) is 19.7. The molecule has 0 saturated carbocycles. The molecule has 7 heteroatoms. The van der Waals surface area contributed by atoms with Crippen LogP contribution in [0.4, 0.5) is 5.88 Å². The maximum atomic E-state index is 13.3. The van der Waals surface area contributed by atoms with E-state index in [1.165, 1.54) is 19.2 Å². The summed E-state index contributed by atoms with van der Waals surface area (Å²) in [6.07, 6.45) is 0. The van der Waals surface area contributed by atoms with Crippen LogP contribution in [-0.4, -0.2) is 20.5 Å². The topological polar surface area (TPSA) is 81.4 Å². The summed E-state index contributed by atoms with van der Waals surface area (Å²) in [6, 6.07) is 25.0. The van der Waals surface area contributed by atoms with Crippen LogP contribution in [0.5, 0.6) is 5.75 Å². The monoisotopic (exact) mass is 420 g/mol. The maximum absolute atomic E-state index is 13.3. The molecule has 0 aliphatic heterocycles. The lowest BCUT2D eigenvalue weighted by Gasteiger charge is -2.06. The summed E-state index contributed by atoms with van der Waals surface area (Å²) in [4.78, 5) is 4.50. The molecule has 0 aliphatic rings. The number of nitrogens with zero attached hydrogens (tertiary/aromatic N) is 1. The Balaban J connectivity index is 1.79. The fourth-order valence-electron chi connectivity index (χ4n) is 3.03. The van der Waals surface area contributed by atoms with Crippen LogP contribution in [0.2, 0.25) is 0 Å². The summed E-state index contributed by atoms with van der Waals surface area (Å²) in [5.74, 6) is 0.790. The number of nitrogens with one attached hydrogen (secondary N) is 1. The van der Waals surface area contributed by atoms with Gasteiger partial charge in [-0.3, -0.25) is 0 Å². The van der Waals surface area contributed by atoms with Crippen molar-refractivity contribution in [3.05, 3.63) is 90.5 Å². The summed E-state index contributed by atoms with van der Waals surface area (Å²) in [5, 5.41) is 2.92. The quantitative estimate of drug-likeness (QED) is 0.463. The Morgan fingerprint density at radius 3 is 2.23 bits per heavy atom. The molecule has 0 atom stereocenters. The molecule has 1 heterocycles. The molecule has 4 aromatic rings. The van der Waals surface area contributed by atoms with Crippen molar-refractivity contribution < 1.29 is 17.6 Å². The summed E-state index contributed by atoms with van der Waals surface area (Å²) in [7, 11) is -2.35. The third-order valence-electron chi connectivity index (χ3n) is 4.54. The van der Waals surface area contributed by atoms with Crippen LogP contribution in [0.3, 0.4) is 0 Å². The van der Waals surface area contributed by atoms with Gasteiger partial charge in [0.15, 0.2) is 0 Å². The molecule has 0 unspecified atom stereocenters. The van der Waals surface area contributed by atoms with Crippen LogP contribution >= 0.6 is 0 Å². The van der Waals surface area contributed by atoms with Gasteiger partial charge in [-0.15, -0.1) is 0 Å². The van der Waals surface area contributed by atoms with E-state index in [1.54, 1.807) is 30.3 Å². The third kappa shape index (κ3) is 3.92. The lowest BCUT2D eigenvalue weighted by molar-refractivity contribution is 0.414. The van der Waals surface area contributed by atoms with Gasteiger partial charge in [-0.05, 0) is 29.8 Å². The number of para-hydroxylation sites is 1. The highest BCUT2D eigenvalue weighted by atomic mass is 32.2. The Hall–Kier alpha value is -3.58. The molecule has 0 bridgehead atoms. The van der Waals surface area contributed by atoms with Crippen molar-refractivity contribution in [3.8, 4) is 17.2 Å². The van der Waals surface area contributed by atoms with E-state index in [0.29, 0.717) is 17.9 Å². The lowest BCUT2D eigenvalue weighted by Crippen LogP contribution is -2.07. The van der Waals surface area contributed by atoms with E-state index in [1.807, 2.05) is 42.5 Å². The highest BCUT2D eigenvalue weighted by Crippen LogP contribution is 2.36. The first-order valence-corrected chi connectivity index (χ1v) is 10.8. The van der Waals surface area contributed by atoms with Gasteiger partial charge in [0.2, 0.25) is 26.6 Å². The number of ether oxygens (including phenoxy) is 1. The van der Waals surface area contributed by atoms with Gasteiger partial charge < -0.3 is 14.5 Å². The summed E-state index contributed by atoms with van der Waals surface area (Å²) >= 11 is 0. The van der Waals surface area contributed by atoms with Gasteiger partial charge in [-0.1, -0.05) is 60.7 Å². The van der Waals surface area contributed by atoms with Crippen LogP contribution in [0, 0.1) is 0 Å². The van der Waals surface area contributed by atoms with E-state index in [0.717, 1.165) is 5.56 Å². The van der Waals surface area contributed by atoms with Gasteiger partial charge in [-0.25, -0.2) is 8.42 Å². The van der Waals surface area contributed by atoms with Gasteiger partial charge in [0.25, 0.3) is 0 Å². The zero-order valence-corrected chi connectivity index (χ0v) is 17.1. The van der Waals surface area contributed by atoms with Gasteiger partial charge in [0.1, 0.15) is 5.75 Å². The molecule has 1 aromatic heterocycles. The van der Waals surface area contributed by atoms with E-state index in [4.69, 9.17) is 9.15 Å². The SMILES string of the molecule is COc1ccccc1-c1nc(S(=O)(=O)c2ccccc2)c(NCc2ccccc2)o1. The van der Waals surface area contributed by atoms with Crippen LogP contribution < -0.4 is 10.1 Å². The zero-order valence-electron chi connectivity index (χ0n) is 16.3. The molecular weight excluding hydrogens is 400 g/mol. The number of oxazole rings is 1. The molecular formula is C23H20N2O4S. The molecule has 152 valence electrons. The summed E-state index contributed by atoms with van der Waals surface area (Å²) in [5.41, 5.74) is 1.55. The molecule has 4 rings (SSSR count). The Bertz CT molecular complexity index is 1240. The molecule has 1 N–H and O–H groups in total. The maximum Gasteiger partial charge on any atom is 0.234 e. The van der Waals surface area contributed by atoms with Crippen LogP contribution in [0.25, 0.3) is 11.5 Å². The van der Waals surface area contributed by atoms with Gasteiger partial charge in [0.05, 0.1) is 17.6 Å². The first-order chi connectivity index (χ1) is 14.6. The van der Waals surface area contributed by atoms with Crippen LogP contribution in [0.1, 0.15) is 5.56 Å². The smallest absolute Gasteiger partial charge is 0.234 e. The molecule has 0 spiro atoms. The zero-order chi connectivity index (χ0) is 21.0. The van der Waals surface area contributed by atoms with Crippen molar-refractivity contribution in [2.75, 3.05) is 12.4 Å². The normalized spacial score (nSPS) is 11.2. The molecule has 0 aliphatic carbocycles. The largest absolute Gasteiger partial charge is 0.496 e. The lowest BCUT2D eigenvalue weighted by atomic mass is 10.2. The van der Waals surface area contributed by atoms with Crippen molar-refractivity contribution >= 4 is 15.7 Å². The minimum Gasteiger partial charge on any atom is -0.496 e. The number of benzene rings is 3. The Morgan fingerprint density at radius 1 is 0.900 bits per heavy atom. The summed E-state index contributed by atoms with van der Waals surface area (Å²) in [6.45, 7) is 0.388. The fraction of sp³-hybridized carbons (Fsp3) is 0.0870. The average Bonchev–Trinajstić information content (AvgIpc) is 3.24. The number of methoxy groups -OCH3 is 1. The Kier molecular flexibility index (Phi) is 5.54. The summed E-state index contributed by atoms with van der Waals surface area (Å²) < 4.78 is 37.8. The molecule has 6 nitrogen and oxygen atoms in total. The van der Waals surface area contributed by atoms with Gasteiger partial charge in [0, 0.05) is 6.54 Å². The van der Waals surface area contributed by atoms with Crippen molar-refractivity contribution in [3.63, 3.8) is 0 Å². The van der Waals surface area contributed by atoms with Crippen molar-refractivity contribution in [2.45, 2.75) is 16.5 Å². The predicted molar refractivity (Wildman–Crippen MR) is 114 cm³/mol. The van der Waals surface area contributed by atoms with E-state index < -0.39 is 9.84 Å². The van der Waals surface area contributed by atoms with Crippen LogP contribution in [-0.2, 0) is 16.4 Å². The first-order valence-electron chi connectivity index (χ1n) is 9.32. The van der Waals surface area contributed by atoms with Gasteiger partial charge in [-0.2, -0.15) is 4.98 Å². The molecule has 30 heavy (non-hydrogen) atoms. The molecule has 0 fully saturated rings. The van der Waals surface area contributed by atoms with Crippen LogP contribution in [0.15, 0.2) is 99.3 Å².